The van der Waals surface area contributed by atoms with Crippen LogP contribution in [-0.4, -0.2) is 6.54 Å². The molecule has 0 fully saturated rings. The zero-order chi connectivity index (χ0) is 15.6. The van der Waals surface area contributed by atoms with Crippen LogP contribution in [0.5, 0.6) is 0 Å². The highest BCUT2D eigenvalue weighted by atomic mass is 35.5. The number of halogens is 2. The quantitative estimate of drug-likeness (QED) is 0.828. The summed E-state index contributed by atoms with van der Waals surface area (Å²) in [4.78, 5) is 0. The van der Waals surface area contributed by atoms with Gasteiger partial charge >= 0.3 is 0 Å². The van der Waals surface area contributed by atoms with Crippen molar-refractivity contribution in [3.63, 3.8) is 0 Å². The van der Waals surface area contributed by atoms with Crippen LogP contribution < -0.4 is 5.32 Å². The summed E-state index contributed by atoms with van der Waals surface area (Å²) in [7, 11) is 0. The van der Waals surface area contributed by atoms with Gasteiger partial charge in [-0.25, -0.2) is 4.39 Å². The van der Waals surface area contributed by atoms with Crippen molar-refractivity contribution in [3.8, 4) is 0 Å². The van der Waals surface area contributed by atoms with Crippen LogP contribution in [0.3, 0.4) is 0 Å². The van der Waals surface area contributed by atoms with Crippen LogP contribution in [-0.2, 0) is 0 Å². The lowest BCUT2D eigenvalue weighted by Crippen LogP contribution is -2.24. The molecule has 2 rings (SSSR count). The molecule has 0 saturated carbocycles. The van der Waals surface area contributed by atoms with Gasteiger partial charge in [0.2, 0.25) is 0 Å². The predicted octanol–water partition coefficient (Wildman–Crippen LogP) is 5.10. The molecule has 0 spiro atoms. The third kappa shape index (κ3) is 3.45. The minimum Gasteiger partial charge on any atom is -0.307 e. The standard InChI is InChI=1S/C18H21ClFN/c1-5-21-18(16-10-14(19)7-6-11(16)2)17-12(3)8-15(20)9-13(17)4/h6-10,18,21H,5H2,1-4H3. The van der Waals surface area contributed by atoms with Crippen LogP contribution in [0.4, 0.5) is 4.39 Å². The van der Waals surface area contributed by atoms with Gasteiger partial charge in [-0.2, -0.15) is 0 Å². The van der Waals surface area contributed by atoms with E-state index in [4.69, 9.17) is 11.6 Å². The second-order valence-corrected chi connectivity index (χ2v) is 5.88. The van der Waals surface area contributed by atoms with Crippen molar-refractivity contribution in [1.82, 2.24) is 5.32 Å². The molecular formula is C18H21ClFN. The molecule has 0 saturated heterocycles. The minimum absolute atomic E-state index is 0.0225. The summed E-state index contributed by atoms with van der Waals surface area (Å²) in [5.41, 5.74) is 5.36. The third-order valence-corrected chi connectivity index (χ3v) is 4.04. The van der Waals surface area contributed by atoms with Gasteiger partial charge in [-0.1, -0.05) is 24.6 Å². The molecule has 1 nitrogen and oxygen atoms in total. The van der Waals surface area contributed by atoms with Crippen LogP contribution in [0.15, 0.2) is 30.3 Å². The fourth-order valence-corrected chi connectivity index (χ4v) is 3.05. The zero-order valence-corrected chi connectivity index (χ0v) is 13.7. The summed E-state index contributed by atoms with van der Waals surface area (Å²) in [5, 5.41) is 4.22. The van der Waals surface area contributed by atoms with Crippen LogP contribution in [0.1, 0.15) is 40.8 Å². The lowest BCUT2D eigenvalue weighted by Gasteiger charge is -2.25. The molecule has 0 aromatic heterocycles. The van der Waals surface area contributed by atoms with Crippen molar-refractivity contribution >= 4 is 11.6 Å². The maximum absolute atomic E-state index is 13.6. The van der Waals surface area contributed by atoms with Crippen LogP contribution in [0, 0.1) is 26.6 Å². The van der Waals surface area contributed by atoms with E-state index < -0.39 is 0 Å². The van der Waals surface area contributed by atoms with E-state index in [0.717, 1.165) is 33.8 Å². The van der Waals surface area contributed by atoms with Crippen LogP contribution in [0.2, 0.25) is 5.02 Å². The summed E-state index contributed by atoms with van der Waals surface area (Å²) in [6.07, 6.45) is 0. The van der Waals surface area contributed by atoms with Gasteiger partial charge in [-0.15, -0.1) is 0 Å². The van der Waals surface area contributed by atoms with E-state index in [2.05, 4.69) is 19.2 Å². The van der Waals surface area contributed by atoms with Crippen molar-refractivity contribution in [2.75, 3.05) is 6.54 Å². The van der Waals surface area contributed by atoms with Gasteiger partial charge in [0.1, 0.15) is 5.82 Å². The molecule has 0 heterocycles. The van der Waals surface area contributed by atoms with Crippen molar-refractivity contribution in [3.05, 3.63) is 69.0 Å². The Labute approximate surface area is 131 Å². The van der Waals surface area contributed by atoms with E-state index >= 15 is 0 Å². The normalized spacial score (nSPS) is 12.5. The number of benzene rings is 2. The predicted molar refractivity (Wildman–Crippen MR) is 87.6 cm³/mol. The van der Waals surface area contributed by atoms with Gasteiger partial charge in [0.25, 0.3) is 0 Å². The maximum atomic E-state index is 13.6. The van der Waals surface area contributed by atoms with Gasteiger partial charge in [0.15, 0.2) is 0 Å². The highest BCUT2D eigenvalue weighted by Gasteiger charge is 2.20. The second kappa shape index (κ2) is 6.59. The number of rotatable bonds is 4. The lowest BCUT2D eigenvalue weighted by atomic mass is 9.89. The first-order valence-electron chi connectivity index (χ1n) is 7.20. The molecule has 1 unspecified atom stereocenters. The van der Waals surface area contributed by atoms with Crippen LogP contribution in [0.25, 0.3) is 0 Å². The monoisotopic (exact) mass is 305 g/mol. The first-order valence-corrected chi connectivity index (χ1v) is 7.58. The molecule has 1 atom stereocenters. The molecule has 2 aromatic carbocycles. The molecule has 0 aliphatic rings. The van der Waals surface area contributed by atoms with Crippen molar-refractivity contribution in [2.24, 2.45) is 0 Å². The molecule has 1 N–H and O–H groups in total. The SMILES string of the molecule is CCNC(c1cc(Cl)ccc1C)c1c(C)cc(F)cc1C. The van der Waals surface area contributed by atoms with Gasteiger partial charge in [-0.05, 0) is 79.4 Å². The molecule has 0 radical (unpaired) electrons. The summed E-state index contributed by atoms with van der Waals surface area (Å²) in [6, 6.07) is 9.12. The molecule has 0 amide bonds. The van der Waals surface area contributed by atoms with Gasteiger partial charge in [-0.3, -0.25) is 0 Å². The molecule has 2 aromatic rings. The number of nitrogens with one attached hydrogen (secondary N) is 1. The van der Waals surface area contributed by atoms with Gasteiger partial charge in [0.05, 0.1) is 6.04 Å². The minimum atomic E-state index is -0.188. The molecular weight excluding hydrogens is 285 g/mol. The van der Waals surface area contributed by atoms with Crippen molar-refractivity contribution < 1.29 is 4.39 Å². The molecule has 0 bridgehead atoms. The Hall–Kier alpha value is -1.38. The summed E-state index contributed by atoms with van der Waals surface area (Å²) >= 11 is 6.17. The zero-order valence-electron chi connectivity index (χ0n) is 12.9. The Balaban J connectivity index is 2.61. The highest BCUT2D eigenvalue weighted by Crippen LogP contribution is 2.31. The first-order chi connectivity index (χ1) is 9.93. The summed E-state index contributed by atoms with van der Waals surface area (Å²) in [5.74, 6) is -0.188. The number of hydrogen-bond acceptors (Lipinski definition) is 1. The largest absolute Gasteiger partial charge is 0.307 e. The average molecular weight is 306 g/mol. The smallest absolute Gasteiger partial charge is 0.123 e. The van der Waals surface area contributed by atoms with Crippen molar-refractivity contribution in [1.29, 1.82) is 0 Å². The third-order valence-electron chi connectivity index (χ3n) is 3.81. The Morgan fingerprint density at radius 3 is 2.24 bits per heavy atom. The Kier molecular flexibility index (Phi) is 5.02. The van der Waals surface area contributed by atoms with Crippen LogP contribution >= 0.6 is 11.6 Å². The summed E-state index contributed by atoms with van der Waals surface area (Å²) in [6.45, 7) is 8.88. The molecule has 0 aliphatic heterocycles. The van der Waals surface area contributed by atoms with E-state index in [0.29, 0.717) is 0 Å². The van der Waals surface area contributed by atoms with Gasteiger partial charge < -0.3 is 5.32 Å². The Bertz CT molecular complexity index is 629. The van der Waals surface area contributed by atoms with E-state index in [1.54, 1.807) is 12.1 Å². The van der Waals surface area contributed by atoms with E-state index in [-0.39, 0.29) is 11.9 Å². The second-order valence-electron chi connectivity index (χ2n) is 5.44. The number of aryl methyl sites for hydroxylation is 3. The molecule has 112 valence electrons. The highest BCUT2D eigenvalue weighted by molar-refractivity contribution is 6.30. The molecule has 0 aliphatic carbocycles. The van der Waals surface area contributed by atoms with Crippen molar-refractivity contribution in [2.45, 2.75) is 33.7 Å². The maximum Gasteiger partial charge on any atom is 0.123 e. The Morgan fingerprint density at radius 2 is 1.67 bits per heavy atom. The fourth-order valence-electron chi connectivity index (χ4n) is 2.87. The van der Waals surface area contributed by atoms with E-state index in [1.807, 2.05) is 32.0 Å². The van der Waals surface area contributed by atoms with E-state index in [1.165, 1.54) is 5.56 Å². The molecule has 3 heteroatoms. The van der Waals surface area contributed by atoms with Gasteiger partial charge in [0, 0.05) is 5.02 Å². The lowest BCUT2D eigenvalue weighted by molar-refractivity contribution is 0.605. The van der Waals surface area contributed by atoms with E-state index in [9.17, 15) is 4.39 Å². The first kappa shape index (κ1) is 16.0. The number of hydrogen-bond donors (Lipinski definition) is 1. The Morgan fingerprint density at radius 1 is 1.05 bits per heavy atom. The average Bonchev–Trinajstić information content (AvgIpc) is 2.39. The summed E-state index contributed by atoms with van der Waals surface area (Å²) < 4.78 is 13.6. The fraction of sp³-hybridized carbons (Fsp3) is 0.333. The topological polar surface area (TPSA) is 12.0 Å². The molecule has 21 heavy (non-hydrogen) atoms.